The number of likely N-dealkylation sites (tertiary alicyclic amines) is 1. The average Bonchev–Trinajstić information content (AvgIpc) is 3.27. The van der Waals surface area contributed by atoms with Crippen molar-refractivity contribution in [2.45, 2.75) is 25.6 Å². The van der Waals surface area contributed by atoms with Gasteiger partial charge in [-0.15, -0.1) is 0 Å². The zero-order chi connectivity index (χ0) is 16.4. The van der Waals surface area contributed by atoms with Gasteiger partial charge in [0.25, 0.3) is 0 Å². The summed E-state index contributed by atoms with van der Waals surface area (Å²) in [5, 5.41) is 9.46. The van der Waals surface area contributed by atoms with E-state index in [2.05, 4.69) is 0 Å². The number of carboxylic acids is 1. The number of carboxylic acid groups (broad SMARTS) is 1. The van der Waals surface area contributed by atoms with Crippen LogP contribution in [0.4, 0.5) is 4.79 Å². The van der Waals surface area contributed by atoms with Crippen LogP contribution in [0.15, 0.2) is 30.3 Å². The van der Waals surface area contributed by atoms with Gasteiger partial charge in [0.1, 0.15) is 6.61 Å². The number of hydrogen-bond donors (Lipinski definition) is 1. The van der Waals surface area contributed by atoms with E-state index in [4.69, 9.17) is 9.47 Å². The van der Waals surface area contributed by atoms with Gasteiger partial charge in [0.05, 0.1) is 18.1 Å². The zero-order valence-corrected chi connectivity index (χ0v) is 13.1. The molecule has 0 aromatic heterocycles. The van der Waals surface area contributed by atoms with E-state index in [0.717, 1.165) is 5.56 Å². The molecule has 1 aliphatic heterocycles. The van der Waals surface area contributed by atoms with Gasteiger partial charge in [-0.3, -0.25) is 4.79 Å². The fourth-order valence-electron chi connectivity index (χ4n) is 3.38. The summed E-state index contributed by atoms with van der Waals surface area (Å²) >= 11 is 0. The molecule has 1 aromatic rings. The van der Waals surface area contributed by atoms with E-state index in [-0.39, 0.29) is 18.6 Å². The fourth-order valence-corrected chi connectivity index (χ4v) is 3.38. The summed E-state index contributed by atoms with van der Waals surface area (Å²) in [7, 11) is 1.56. The SMILES string of the molecule is CO[C@@H]1CN(C(=O)OCc2ccccc2)CC1C1(C(=O)O)CC1. The van der Waals surface area contributed by atoms with Crippen molar-refractivity contribution in [1.29, 1.82) is 0 Å². The quantitative estimate of drug-likeness (QED) is 0.900. The van der Waals surface area contributed by atoms with Crippen LogP contribution in [0.2, 0.25) is 0 Å². The Kier molecular flexibility index (Phi) is 4.26. The van der Waals surface area contributed by atoms with E-state index in [1.807, 2.05) is 30.3 Å². The molecular weight excluding hydrogens is 298 g/mol. The number of amides is 1. The molecule has 1 saturated heterocycles. The fraction of sp³-hybridized carbons (Fsp3) is 0.529. The Morgan fingerprint density at radius 1 is 1.26 bits per heavy atom. The lowest BCUT2D eigenvalue weighted by Gasteiger charge is -2.22. The highest BCUT2D eigenvalue weighted by molar-refractivity contribution is 5.79. The van der Waals surface area contributed by atoms with Crippen molar-refractivity contribution in [3.8, 4) is 0 Å². The van der Waals surface area contributed by atoms with Crippen LogP contribution in [0.25, 0.3) is 0 Å². The van der Waals surface area contributed by atoms with Crippen molar-refractivity contribution in [3.05, 3.63) is 35.9 Å². The minimum absolute atomic E-state index is 0.172. The van der Waals surface area contributed by atoms with Gasteiger partial charge in [0.15, 0.2) is 0 Å². The molecule has 1 unspecified atom stereocenters. The molecule has 1 aliphatic carbocycles. The minimum Gasteiger partial charge on any atom is -0.481 e. The smallest absolute Gasteiger partial charge is 0.410 e. The number of ether oxygens (including phenoxy) is 2. The third-order valence-corrected chi connectivity index (χ3v) is 4.96. The Morgan fingerprint density at radius 3 is 2.52 bits per heavy atom. The van der Waals surface area contributed by atoms with Crippen molar-refractivity contribution in [3.63, 3.8) is 0 Å². The van der Waals surface area contributed by atoms with Gasteiger partial charge < -0.3 is 19.5 Å². The molecule has 3 rings (SSSR count). The molecule has 0 radical (unpaired) electrons. The van der Waals surface area contributed by atoms with E-state index in [1.54, 1.807) is 12.0 Å². The first-order valence-corrected chi connectivity index (χ1v) is 7.78. The second kappa shape index (κ2) is 6.20. The Hall–Kier alpha value is -2.08. The number of carbonyl (C=O) groups is 2. The molecule has 0 bridgehead atoms. The molecule has 23 heavy (non-hydrogen) atoms. The Morgan fingerprint density at radius 2 is 1.96 bits per heavy atom. The lowest BCUT2D eigenvalue weighted by atomic mass is 9.86. The van der Waals surface area contributed by atoms with Crippen LogP contribution in [0.5, 0.6) is 0 Å². The highest BCUT2D eigenvalue weighted by Gasteiger charge is 2.61. The minimum atomic E-state index is -0.788. The molecule has 2 atom stereocenters. The summed E-state index contributed by atoms with van der Waals surface area (Å²) < 4.78 is 10.8. The largest absolute Gasteiger partial charge is 0.481 e. The normalized spacial score (nSPS) is 25.2. The predicted molar refractivity (Wildman–Crippen MR) is 81.8 cm³/mol. The van der Waals surface area contributed by atoms with Crippen molar-refractivity contribution in [2.24, 2.45) is 11.3 Å². The number of aliphatic carboxylic acids is 1. The van der Waals surface area contributed by atoms with Gasteiger partial charge in [-0.1, -0.05) is 30.3 Å². The van der Waals surface area contributed by atoms with Crippen LogP contribution in [0.3, 0.4) is 0 Å². The average molecular weight is 319 g/mol. The van der Waals surface area contributed by atoms with Crippen molar-refractivity contribution >= 4 is 12.1 Å². The lowest BCUT2D eigenvalue weighted by Crippen LogP contribution is -2.34. The second-order valence-electron chi connectivity index (χ2n) is 6.29. The van der Waals surface area contributed by atoms with E-state index in [9.17, 15) is 14.7 Å². The first-order chi connectivity index (χ1) is 11.1. The molecule has 1 N–H and O–H groups in total. The van der Waals surface area contributed by atoms with Crippen LogP contribution in [0.1, 0.15) is 18.4 Å². The summed E-state index contributed by atoms with van der Waals surface area (Å²) in [6.07, 6.45) is 0.636. The van der Waals surface area contributed by atoms with Crippen molar-refractivity contribution < 1.29 is 24.2 Å². The summed E-state index contributed by atoms with van der Waals surface area (Å²) in [5.41, 5.74) is 0.193. The van der Waals surface area contributed by atoms with Gasteiger partial charge in [-0.2, -0.15) is 0 Å². The molecule has 1 saturated carbocycles. The molecule has 6 heteroatoms. The molecular formula is C17H21NO5. The first-order valence-electron chi connectivity index (χ1n) is 7.78. The molecule has 1 amide bonds. The monoisotopic (exact) mass is 319 g/mol. The molecule has 1 aromatic carbocycles. The van der Waals surface area contributed by atoms with E-state index < -0.39 is 17.5 Å². The standard InChI is InChI=1S/C17H21NO5/c1-22-14-10-18(9-13(14)17(7-8-17)15(19)20)16(21)23-11-12-5-3-2-4-6-12/h2-6,13-14H,7-11H2,1H3,(H,19,20)/t13?,14-/m1/s1. The van der Waals surface area contributed by atoms with Crippen molar-refractivity contribution in [1.82, 2.24) is 4.90 Å². The second-order valence-corrected chi connectivity index (χ2v) is 6.29. The highest BCUT2D eigenvalue weighted by Crippen LogP contribution is 2.55. The third-order valence-electron chi connectivity index (χ3n) is 4.96. The summed E-state index contributed by atoms with van der Waals surface area (Å²) in [4.78, 5) is 25.3. The number of carbonyl (C=O) groups excluding carboxylic acids is 1. The highest BCUT2D eigenvalue weighted by atomic mass is 16.6. The zero-order valence-electron chi connectivity index (χ0n) is 13.1. The predicted octanol–water partition coefficient (Wildman–Crippen LogP) is 2.13. The molecule has 1 heterocycles. The summed E-state index contributed by atoms with van der Waals surface area (Å²) in [6.45, 7) is 0.963. The van der Waals surface area contributed by atoms with Gasteiger partial charge in [-0.25, -0.2) is 4.79 Å². The van der Waals surface area contributed by atoms with Gasteiger partial charge in [0, 0.05) is 19.6 Å². The number of methoxy groups -OCH3 is 1. The van der Waals surface area contributed by atoms with E-state index >= 15 is 0 Å². The van der Waals surface area contributed by atoms with Crippen LogP contribution in [0, 0.1) is 11.3 Å². The Balaban J connectivity index is 1.61. The topological polar surface area (TPSA) is 76.1 Å². The maximum Gasteiger partial charge on any atom is 0.410 e. The number of hydrogen-bond acceptors (Lipinski definition) is 4. The van der Waals surface area contributed by atoms with Crippen molar-refractivity contribution in [2.75, 3.05) is 20.2 Å². The summed E-state index contributed by atoms with van der Waals surface area (Å²) in [5.74, 6) is -0.960. The van der Waals surface area contributed by atoms with Crippen LogP contribution in [-0.4, -0.2) is 48.4 Å². The first kappa shape index (κ1) is 15.8. The Labute approximate surface area is 135 Å². The molecule has 0 spiro atoms. The maximum absolute atomic E-state index is 12.2. The maximum atomic E-state index is 12.2. The number of benzene rings is 1. The van der Waals surface area contributed by atoms with E-state index in [0.29, 0.717) is 25.9 Å². The third kappa shape index (κ3) is 3.03. The molecule has 2 aliphatic rings. The van der Waals surface area contributed by atoms with E-state index in [1.165, 1.54) is 0 Å². The van der Waals surface area contributed by atoms with Gasteiger partial charge in [0.2, 0.25) is 0 Å². The van der Waals surface area contributed by atoms with Crippen LogP contribution < -0.4 is 0 Å². The van der Waals surface area contributed by atoms with Gasteiger partial charge >= 0.3 is 12.1 Å². The lowest BCUT2D eigenvalue weighted by molar-refractivity contribution is -0.147. The van der Waals surface area contributed by atoms with Crippen LogP contribution >= 0.6 is 0 Å². The summed E-state index contributed by atoms with van der Waals surface area (Å²) in [6, 6.07) is 9.46. The Bertz CT molecular complexity index is 584. The molecule has 6 nitrogen and oxygen atoms in total. The van der Waals surface area contributed by atoms with Crippen LogP contribution in [-0.2, 0) is 20.9 Å². The number of nitrogens with zero attached hydrogens (tertiary/aromatic N) is 1. The molecule has 124 valence electrons. The van der Waals surface area contributed by atoms with Gasteiger partial charge in [-0.05, 0) is 18.4 Å². The molecule has 2 fully saturated rings. The number of rotatable bonds is 5.